The highest BCUT2D eigenvalue weighted by atomic mass is 16.5. The lowest BCUT2D eigenvalue weighted by Crippen LogP contribution is -2.07. The number of carbonyl (C=O) groups is 1. The third kappa shape index (κ3) is 3.45. The van der Waals surface area contributed by atoms with Crippen LogP contribution in [0.15, 0.2) is 42.5 Å². The SMILES string of the molecule is COc1ccc(O)c(C(C)Nc2ccc(C(=O)O)cc2)c1. The van der Waals surface area contributed by atoms with Gasteiger partial charge >= 0.3 is 5.97 Å². The van der Waals surface area contributed by atoms with Gasteiger partial charge < -0.3 is 20.3 Å². The van der Waals surface area contributed by atoms with Gasteiger partial charge in [0.2, 0.25) is 0 Å². The van der Waals surface area contributed by atoms with Crippen LogP contribution < -0.4 is 10.1 Å². The van der Waals surface area contributed by atoms with Gasteiger partial charge in [-0.25, -0.2) is 4.79 Å². The summed E-state index contributed by atoms with van der Waals surface area (Å²) in [5.74, 6) is -0.115. The van der Waals surface area contributed by atoms with E-state index in [1.807, 2.05) is 6.92 Å². The minimum absolute atomic E-state index is 0.157. The summed E-state index contributed by atoms with van der Waals surface area (Å²) in [6.45, 7) is 1.90. The zero-order chi connectivity index (χ0) is 15.4. The Morgan fingerprint density at radius 3 is 2.43 bits per heavy atom. The number of nitrogens with one attached hydrogen (secondary N) is 1. The summed E-state index contributed by atoms with van der Waals surface area (Å²) in [4.78, 5) is 10.8. The second-order valence-corrected chi connectivity index (χ2v) is 4.67. The summed E-state index contributed by atoms with van der Waals surface area (Å²) in [6, 6.07) is 11.3. The lowest BCUT2D eigenvalue weighted by molar-refractivity contribution is 0.0697. The average molecular weight is 287 g/mol. The summed E-state index contributed by atoms with van der Waals surface area (Å²) in [5, 5.41) is 22.0. The fourth-order valence-electron chi connectivity index (χ4n) is 2.04. The maximum absolute atomic E-state index is 10.8. The van der Waals surface area contributed by atoms with E-state index in [0.717, 1.165) is 5.69 Å². The van der Waals surface area contributed by atoms with E-state index in [0.29, 0.717) is 11.3 Å². The summed E-state index contributed by atoms with van der Waals surface area (Å²) < 4.78 is 5.15. The summed E-state index contributed by atoms with van der Waals surface area (Å²) in [5.41, 5.74) is 1.71. The highest BCUT2D eigenvalue weighted by Crippen LogP contribution is 2.30. The number of methoxy groups -OCH3 is 1. The van der Waals surface area contributed by atoms with Crippen LogP contribution in [0.2, 0.25) is 0 Å². The molecule has 0 bridgehead atoms. The molecule has 0 fully saturated rings. The average Bonchev–Trinajstić information content (AvgIpc) is 2.48. The standard InChI is InChI=1S/C16H17NO4/c1-10(14-9-13(21-2)7-8-15(14)18)17-12-5-3-11(4-6-12)16(19)20/h3-10,17-18H,1-2H3,(H,19,20). The molecule has 0 aromatic heterocycles. The largest absolute Gasteiger partial charge is 0.508 e. The number of rotatable bonds is 5. The number of carboxylic acids is 1. The molecule has 2 rings (SSSR count). The van der Waals surface area contributed by atoms with Crippen LogP contribution in [0, 0.1) is 0 Å². The lowest BCUT2D eigenvalue weighted by Gasteiger charge is -2.17. The summed E-state index contributed by atoms with van der Waals surface area (Å²) in [6.07, 6.45) is 0. The molecule has 0 aliphatic carbocycles. The minimum atomic E-state index is -0.958. The predicted octanol–water partition coefficient (Wildman–Crippen LogP) is 3.27. The topological polar surface area (TPSA) is 78.8 Å². The van der Waals surface area contributed by atoms with E-state index in [2.05, 4.69) is 5.32 Å². The van der Waals surface area contributed by atoms with Gasteiger partial charge in [-0.15, -0.1) is 0 Å². The molecule has 0 saturated heterocycles. The molecule has 0 aliphatic rings. The Labute approximate surface area is 122 Å². The normalized spacial score (nSPS) is 11.7. The Morgan fingerprint density at radius 1 is 1.19 bits per heavy atom. The Bertz CT molecular complexity index is 637. The van der Waals surface area contributed by atoms with Crippen molar-refractivity contribution in [3.63, 3.8) is 0 Å². The van der Waals surface area contributed by atoms with Crippen molar-refractivity contribution in [2.75, 3.05) is 12.4 Å². The number of hydrogen-bond donors (Lipinski definition) is 3. The van der Waals surface area contributed by atoms with Crippen molar-refractivity contribution in [3.8, 4) is 11.5 Å². The van der Waals surface area contributed by atoms with Crippen LogP contribution >= 0.6 is 0 Å². The third-order valence-corrected chi connectivity index (χ3v) is 3.22. The molecule has 5 nitrogen and oxygen atoms in total. The van der Waals surface area contributed by atoms with Crippen LogP contribution in [-0.4, -0.2) is 23.3 Å². The highest BCUT2D eigenvalue weighted by Gasteiger charge is 2.12. The molecule has 1 atom stereocenters. The van der Waals surface area contributed by atoms with Gasteiger partial charge in [-0.2, -0.15) is 0 Å². The number of phenols is 1. The lowest BCUT2D eigenvalue weighted by atomic mass is 10.1. The highest BCUT2D eigenvalue weighted by molar-refractivity contribution is 5.88. The van der Waals surface area contributed by atoms with E-state index in [1.54, 1.807) is 37.4 Å². The van der Waals surface area contributed by atoms with Gasteiger partial charge in [0.05, 0.1) is 18.7 Å². The van der Waals surface area contributed by atoms with Gasteiger partial charge in [-0.3, -0.25) is 0 Å². The molecule has 0 heterocycles. The van der Waals surface area contributed by atoms with Gasteiger partial charge in [-0.1, -0.05) is 0 Å². The molecule has 1 unspecified atom stereocenters. The second kappa shape index (κ2) is 6.17. The Balaban J connectivity index is 2.17. The van der Waals surface area contributed by atoms with E-state index >= 15 is 0 Å². The number of phenolic OH excluding ortho intramolecular Hbond substituents is 1. The Kier molecular flexibility index (Phi) is 4.33. The molecule has 2 aromatic carbocycles. The monoisotopic (exact) mass is 287 g/mol. The summed E-state index contributed by atoms with van der Waals surface area (Å²) in [7, 11) is 1.57. The number of aromatic carboxylic acids is 1. The maximum atomic E-state index is 10.8. The van der Waals surface area contributed by atoms with Gasteiger partial charge in [0.1, 0.15) is 11.5 Å². The summed E-state index contributed by atoms with van der Waals surface area (Å²) >= 11 is 0. The maximum Gasteiger partial charge on any atom is 0.335 e. The van der Waals surface area contributed by atoms with Crippen molar-refractivity contribution < 1.29 is 19.7 Å². The van der Waals surface area contributed by atoms with Crippen molar-refractivity contribution in [3.05, 3.63) is 53.6 Å². The molecular weight excluding hydrogens is 270 g/mol. The molecule has 0 amide bonds. The van der Waals surface area contributed by atoms with E-state index in [1.165, 1.54) is 12.1 Å². The third-order valence-electron chi connectivity index (χ3n) is 3.22. The molecule has 110 valence electrons. The molecule has 0 radical (unpaired) electrons. The number of aromatic hydroxyl groups is 1. The van der Waals surface area contributed by atoms with Crippen molar-refractivity contribution in [1.82, 2.24) is 0 Å². The van der Waals surface area contributed by atoms with Crippen molar-refractivity contribution in [2.45, 2.75) is 13.0 Å². The predicted molar refractivity (Wildman–Crippen MR) is 80.1 cm³/mol. The van der Waals surface area contributed by atoms with Crippen LogP contribution in [0.4, 0.5) is 5.69 Å². The number of carboxylic acid groups (broad SMARTS) is 1. The van der Waals surface area contributed by atoms with E-state index < -0.39 is 5.97 Å². The van der Waals surface area contributed by atoms with E-state index in [4.69, 9.17) is 9.84 Å². The number of benzene rings is 2. The number of hydrogen-bond acceptors (Lipinski definition) is 4. The van der Waals surface area contributed by atoms with Crippen LogP contribution in [0.3, 0.4) is 0 Å². The van der Waals surface area contributed by atoms with E-state index in [-0.39, 0.29) is 17.4 Å². The smallest absolute Gasteiger partial charge is 0.335 e. The van der Waals surface area contributed by atoms with Gasteiger partial charge in [0.25, 0.3) is 0 Å². The van der Waals surface area contributed by atoms with Gasteiger partial charge in [0.15, 0.2) is 0 Å². The quantitative estimate of drug-likeness (QED) is 0.786. The zero-order valence-electron chi connectivity index (χ0n) is 11.8. The van der Waals surface area contributed by atoms with Gasteiger partial charge in [-0.05, 0) is 49.4 Å². The molecule has 0 aliphatic heterocycles. The van der Waals surface area contributed by atoms with Crippen LogP contribution in [0.5, 0.6) is 11.5 Å². The molecule has 21 heavy (non-hydrogen) atoms. The molecular formula is C16H17NO4. The van der Waals surface area contributed by atoms with Crippen LogP contribution in [-0.2, 0) is 0 Å². The van der Waals surface area contributed by atoms with Crippen molar-refractivity contribution in [2.24, 2.45) is 0 Å². The first-order valence-corrected chi connectivity index (χ1v) is 6.48. The van der Waals surface area contributed by atoms with Crippen LogP contribution in [0.25, 0.3) is 0 Å². The van der Waals surface area contributed by atoms with E-state index in [9.17, 15) is 9.90 Å². The molecule has 0 saturated carbocycles. The second-order valence-electron chi connectivity index (χ2n) is 4.67. The van der Waals surface area contributed by atoms with Crippen LogP contribution in [0.1, 0.15) is 28.9 Å². The Hall–Kier alpha value is -2.69. The fraction of sp³-hybridized carbons (Fsp3) is 0.188. The van der Waals surface area contributed by atoms with Crippen molar-refractivity contribution in [1.29, 1.82) is 0 Å². The fourth-order valence-corrected chi connectivity index (χ4v) is 2.04. The first kappa shape index (κ1) is 14.7. The zero-order valence-corrected chi connectivity index (χ0v) is 11.8. The molecule has 3 N–H and O–H groups in total. The minimum Gasteiger partial charge on any atom is -0.508 e. The van der Waals surface area contributed by atoms with Crippen molar-refractivity contribution >= 4 is 11.7 Å². The van der Waals surface area contributed by atoms with Gasteiger partial charge in [0, 0.05) is 11.3 Å². The molecule has 0 spiro atoms. The molecule has 2 aromatic rings. The first-order valence-electron chi connectivity index (χ1n) is 6.48. The Morgan fingerprint density at radius 2 is 1.86 bits per heavy atom. The first-order chi connectivity index (χ1) is 10.0. The number of ether oxygens (including phenoxy) is 1. The number of anilines is 1. The molecule has 5 heteroatoms.